The molecule has 134 valence electrons. The fraction of sp³-hybridized carbons (Fsp3) is 0.333. The third-order valence-electron chi connectivity index (χ3n) is 4.90. The van der Waals surface area contributed by atoms with Gasteiger partial charge in [0.2, 0.25) is 0 Å². The van der Waals surface area contributed by atoms with E-state index in [1.165, 1.54) is 15.3 Å². The smallest absolute Gasteiger partial charge is 0.251 e. The summed E-state index contributed by atoms with van der Waals surface area (Å²) in [6.45, 7) is 4.89. The molecule has 5 heteroatoms. The van der Waals surface area contributed by atoms with Gasteiger partial charge in [-0.2, -0.15) is 0 Å². The maximum Gasteiger partial charge on any atom is 0.251 e. The molecule has 26 heavy (non-hydrogen) atoms. The van der Waals surface area contributed by atoms with Crippen molar-refractivity contribution >= 4 is 11.3 Å². The molecule has 0 spiro atoms. The number of nitrogens with zero attached hydrogens (tertiary/aromatic N) is 2. The van der Waals surface area contributed by atoms with Crippen molar-refractivity contribution in [1.29, 1.82) is 0 Å². The molecule has 0 aliphatic carbocycles. The molecule has 1 aromatic carbocycles. The van der Waals surface area contributed by atoms with Crippen LogP contribution < -0.4 is 5.56 Å². The molecule has 4 rings (SSSR count). The zero-order valence-corrected chi connectivity index (χ0v) is 15.8. The van der Waals surface area contributed by atoms with Crippen LogP contribution in [0.2, 0.25) is 0 Å². The van der Waals surface area contributed by atoms with Gasteiger partial charge in [-0.15, -0.1) is 11.3 Å². The van der Waals surface area contributed by atoms with E-state index >= 15 is 0 Å². The Morgan fingerprint density at radius 2 is 2.08 bits per heavy atom. The van der Waals surface area contributed by atoms with Gasteiger partial charge in [0, 0.05) is 34.8 Å². The molecule has 1 aliphatic heterocycles. The average molecular weight is 366 g/mol. The van der Waals surface area contributed by atoms with E-state index in [4.69, 9.17) is 0 Å². The van der Waals surface area contributed by atoms with Gasteiger partial charge in [0.05, 0.1) is 5.69 Å². The third kappa shape index (κ3) is 3.94. The number of H-pyrrole nitrogens is 1. The lowest BCUT2D eigenvalue weighted by Crippen LogP contribution is -2.34. The lowest BCUT2D eigenvalue weighted by Gasteiger charge is -2.32. The van der Waals surface area contributed by atoms with Crippen LogP contribution in [0.4, 0.5) is 0 Å². The lowest BCUT2D eigenvalue weighted by atomic mass is 9.94. The van der Waals surface area contributed by atoms with Gasteiger partial charge in [0.1, 0.15) is 5.82 Å². The lowest BCUT2D eigenvalue weighted by molar-refractivity contribution is 0.200. The second kappa shape index (κ2) is 7.56. The number of likely N-dealkylation sites (tertiary alicyclic amines) is 1. The van der Waals surface area contributed by atoms with Crippen LogP contribution in [0, 0.1) is 6.92 Å². The van der Waals surface area contributed by atoms with Crippen molar-refractivity contribution in [2.24, 2.45) is 0 Å². The number of hydrogen-bond donors (Lipinski definition) is 1. The normalized spacial score (nSPS) is 18.1. The molecule has 4 nitrogen and oxygen atoms in total. The molecular formula is C21H23N3OS. The Balaban J connectivity index is 1.45. The van der Waals surface area contributed by atoms with Gasteiger partial charge in [0.25, 0.3) is 5.56 Å². The number of rotatable bonds is 4. The summed E-state index contributed by atoms with van der Waals surface area (Å²) in [6, 6.07) is 16.7. The third-order valence-corrected chi connectivity index (χ3v) is 6.02. The van der Waals surface area contributed by atoms with Gasteiger partial charge in [-0.05, 0) is 44.0 Å². The van der Waals surface area contributed by atoms with Gasteiger partial charge >= 0.3 is 0 Å². The molecule has 1 aliphatic rings. The maximum atomic E-state index is 11.8. The minimum Gasteiger partial charge on any atom is -0.311 e. The number of nitrogens with one attached hydrogen (secondary N) is 1. The maximum absolute atomic E-state index is 11.8. The van der Waals surface area contributed by atoms with E-state index in [2.05, 4.69) is 57.3 Å². The topological polar surface area (TPSA) is 49.0 Å². The van der Waals surface area contributed by atoms with E-state index in [9.17, 15) is 4.79 Å². The van der Waals surface area contributed by atoms with E-state index in [1.54, 1.807) is 6.07 Å². The Hall–Kier alpha value is -2.24. The van der Waals surface area contributed by atoms with Gasteiger partial charge in [-0.1, -0.05) is 30.3 Å². The predicted octanol–water partition coefficient (Wildman–Crippen LogP) is 4.19. The van der Waals surface area contributed by atoms with Crippen molar-refractivity contribution in [1.82, 2.24) is 14.9 Å². The van der Waals surface area contributed by atoms with Crippen LogP contribution in [-0.2, 0) is 6.54 Å². The van der Waals surface area contributed by atoms with Crippen LogP contribution in [0.5, 0.6) is 0 Å². The molecule has 3 aromatic rings. The van der Waals surface area contributed by atoms with Gasteiger partial charge in [0.15, 0.2) is 0 Å². The highest BCUT2D eigenvalue weighted by Crippen LogP contribution is 2.31. The average Bonchev–Trinajstić information content (AvgIpc) is 3.10. The van der Waals surface area contributed by atoms with Crippen molar-refractivity contribution in [3.05, 3.63) is 75.3 Å². The number of piperidine rings is 1. The summed E-state index contributed by atoms with van der Waals surface area (Å²) < 4.78 is 0. The van der Waals surface area contributed by atoms with Crippen molar-refractivity contribution in [3.63, 3.8) is 0 Å². The molecule has 0 amide bonds. The highest BCUT2D eigenvalue weighted by Gasteiger charge is 2.23. The van der Waals surface area contributed by atoms with Crippen LogP contribution in [0.25, 0.3) is 10.4 Å². The van der Waals surface area contributed by atoms with Gasteiger partial charge in [-0.25, -0.2) is 4.98 Å². The SMILES string of the molecule is Cc1nc([C@@H]2CCCN(Cc3ccc(-c4ccccc4)s3)C2)cc(=O)[nH]1. The molecule has 2 aromatic heterocycles. The second-order valence-corrected chi connectivity index (χ2v) is 8.13. The highest BCUT2D eigenvalue weighted by atomic mass is 32.1. The summed E-state index contributed by atoms with van der Waals surface area (Å²) in [7, 11) is 0. The molecule has 0 saturated carbocycles. The molecule has 0 bridgehead atoms. The summed E-state index contributed by atoms with van der Waals surface area (Å²) in [5.41, 5.74) is 2.17. The summed E-state index contributed by atoms with van der Waals surface area (Å²) in [4.78, 5) is 24.3. The summed E-state index contributed by atoms with van der Waals surface area (Å²) >= 11 is 1.87. The minimum absolute atomic E-state index is 0.0459. The fourth-order valence-electron chi connectivity index (χ4n) is 3.69. The Morgan fingerprint density at radius 1 is 1.23 bits per heavy atom. The monoisotopic (exact) mass is 365 g/mol. The van der Waals surface area contributed by atoms with Crippen molar-refractivity contribution in [3.8, 4) is 10.4 Å². The van der Waals surface area contributed by atoms with Crippen molar-refractivity contribution in [2.45, 2.75) is 32.2 Å². The number of aryl methyl sites for hydroxylation is 1. The molecule has 0 unspecified atom stereocenters. The van der Waals surface area contributed by atoms with Crippen LogP contribution in [0.1, 0.15) is 35.2 Å². The summed E-state index contributed by atoms with van der Waals surface area (Å²) in [5, 5.41) is 0. The molecule has 3 heterocycles. The predicted molar refractivity (Wildman–Crippen MR) is 107 cm³/mol. The largest absolute Gasteiger partial charge is 0.311 e. The van der Waals surface area contributed by atoms with Crippen molar-refractivity contribution in [2.75, 3.05) is 13.1 Å². The van der Waals surface area contributed by atoms with E-state index in [0.717, 1.165) is 38.2 Å². The van der Waals surface area contributed by atoms with E-state index in [-0.39, 0.29) is 5.56 Å². The first kappa shape index (κ1) is 17.2. The molecular weight excluding hydrogens is 342 g/mol. The van der Waals surface area contributed by atoms with Crippen LogP contribution in [-0.4, -0.2) is 28.0 Å². The van der Waals surface area contributed by atoms with Gasteiger partial charge < -0.3 is 4.98 Å². The Kier molecular flexibility index (Phi) is 5.00. The fourth-order valence-corrected chi connectivity index (χ4v) is 4.75. The Bertz CT molecular complexity index is 932. The molecule has 0 radical (unpaired) electrons. The van der Waals surface area contributed by atoms with Crippen LogP contribution >= 0.6 is 11.3 Å². The summed E-state index contributed by atoms with van der Waals surface area (Å²) in [6.07, 6.45) is 2.25. The number of aromatic amines is 1. The number of thiophene rings is 1. The van der Waals surface area contributed by atoms with E-state index in [1.807, 2.05) is 18.3 Å². The first-order valence-corrected chi connectivity index (χ1v) is 9.93. The standard InChI is InChI=1S/C21H23N3OS/c1-15-22-19(12-21(25)23-15)17-8-5-11-24(13-17)14-18-9-10-20(26-18)16-6-3-2-4-7-16/h2-4,6-7,9-10,12,17H,5,8,11,13-14H2,1H3,(H,22,23,25)/t17-/m1/s1. The zero-order valence-electron chi connectivity index (χ0n) is 14.9. The minimum atomic E-state index is -0.0459. The van der Waals surface area contributed by atoms with Crippen LogP contribution in [0.15, 0.2) is 53.3 Å². The van der Waals surface area contributed by atoms with Crippen molar-refractivity contribution < 1.29 is 0 Å². The first-order valence-electron chi connectivity index (χ1n) is 9.12. The molecule has 1 saturated heterocycles. The number of benzene rings is 1. The van der Waals surface area contributed by atoms with Gasteiger partial charge in [-0.3, -0.25) is 9.69 Å². The molecule has 1 N–H and O–H groups in total. The first-order chi connectivity index (χ1) is 12.7. The van der Waals surface area contributed by atoms with Crippen LogP contribution in [0.3, 0.4) is 0 Å². The molecule has 1 atom stereocenters. The second-order valence-electron chi connectivity index (χ2n) is 6.96. The zero-order chi connectivity index (χ0) is 17.9. The molecule has 1 fully saturated rings. The number of aromatic nitrogens is 2. The Morgan fingerprint density at radius 3 is 2.88 bits per heavy atom. The number of hydrogen-bond acceptors (Lipinski definition) is 4. The van der Waals surface area contributed by atoms with E-state index < -0.39 is 0 Å². The van der Waals surface area contributed by atoms with E-state index in [0.29, 0.717) is 11.7 Å². The Labute approximate surface area is 157 Å². The summed E-state index contributed by atoms with van der Waals surface area (Å²) in [5.74, 6) is 1.05. The highest BCUT2D eigenvalue weighted by molar-refractivity contribution is 7.15. The quantitative estimate of drug-likeness (QED) is 0.754.